The molecular formula is C10H16N2O2. The lowest BCUT2D eigenvalue weighted by atomic mass is 9.96. The molecule has 4 heteroatoms. The van der Waals surface area contributed by atoms with Gasteiger partial charge < -0.3 is 9.84 Å². The monoisotopic (exact) mass is 196 g/mol. The Morgan fingerprint density at radius 3 is 3.00 bits per heavy atom. The van der Waals surface area contributed by atoms with Crippen LogP contribution in [-0.4, -0.2) is 28.1 Å². The molecule has 2 unspecified atom stereocenters. The SMILES string of the molecule is Cc1c(C(O)C2CCOC2)cnn1C. The predicted octanol–water partition coefficient (Wildman–Crippen LogP) is 0.798. The van der Waals surface area contributed by atoms with E-state index in [4.69, 9.17) is 4.74 Å². The highest BCUT2D eigenvalue weighted by atomic mass is 16.5. The Kier molecular flexibility index (Phi) is 2.56. The third-order valence-electron chi connectivity index (χ3n) is 3.00. The summed E-state index contributed by atoms with van der Waals surface area (Å²) < 4.78 is 7.05. The van der Waals surface area contributed by atoms with Crippen molar-refractivity contribution in [2.45, 2.75) is 19.4 Å². The van der Waals surface area contributed by atoms with Gasteiger partial charge in [0.15, 0.2) is 0 Å². The lowest BCUT2D eigenvalue weighted by Crippen LogP contribution is -2.13. The zero-order valence-corrected chi connectivity index (χ0v) is 8.60. The van der Waals surface area contributed by atoms with E-state index in [1.807, 2.05) is 14.0 Å². The molecule has 1 N–H and O–H groups in total. The first-order chi connectivity index (χ1) is 6.70. The van der Waals surface area contributed by atoms with Crippen molar-refractivity contribution in [3.05, 3.63) is 17.5 Å². The van der Waals surface area contributed by atoms with Gasteiger partial charge in [-0.15, -0.1) is 0 Å². The molecule has 1 aliphatic heterocycles. The molecule has 78 valence electrons. The van der Waals surface area contributed by atoms with Crippen molar-refractivity contribution in [1.82, 2.24) is 9.78 Å². The van der Waals surface area contributed by atoms with Crippen LogP contribution in [0.4, 0.5) is 0 Å². The minimum absolute atomic E-state index is 0.234. The highest BCUT2D eigenvalue weighted by Gasteiger charge is 2.27. The van der Waals surface area contributed by atoms with Gasteiger partial charge in [-0.2, -0.15) is 5.10 Å². The van der Waals surface area contributed by atoms with Crippen LogP contribution in [0.1, 0.15) is 23.8 Å². The van der Waals surface area contributed by atoms with Crippen LogP contribution in [0.2, 0.25) is 0 Å². The molecule has 2 rings (SSSR count). The van der Waals surface area contributed by atoms with Crippen LogP contribution >= 0.6 is 0 Å². The van der Waals surface area contributed by atoms with Gasteiger partial charge >= 0.3 is 0 Å². The van der Waals surface area contributed by atoms with E-state index in [0.29, 0.717) is 6.61 Å². The van der Waals surface area contributed by atoms with Crippen LogP contribution in [0.3, 0.4) is 0 Å². The van der Waals surface area contributed by atoms with E-state index in [-0.39, 0.29) is 5.92 Å². The normalized spacial score (nSPS) is 24.1. The average molecular weight is 196 g/mol. The molecule has 1 aliphatic rings. The minimum atomic E-state index is -0.425. The van der Waals surface area contributed by atoms with E-state index >= 15 is 0 Å². The molecule has 14 heavy (non-hydrogen) atoms. The van der Waals surface area contributed by atoms with E-state index in [0.717, 1.165) is 24.3 Å². The summed E-state index contributed by atoms with van der Waals surface area (Å²) in [6.45, 7) is 3.40. The summed E-state index contributed by atoms with van der Waals surface area (Å²) in [5.41, 5.74) is 1.97. The van der Waals surface area contributed by atoms with Crippen molar-refractivity contribution in [2.75, 3.05) is 13.2 Å². The maximum Gasteiger partial charge on any atom is 0.0874 e. The molecule has 2 heterocycles. The van der Waals surface area contributed by atoms with Crippen LogP contribution in [0.15, 0.2) is 6.20 Å². The quantitative estimate of drug-likeness (QED) is 0.761. The summed E-state index contributed by atoms with van der Waals surface area (Å²) in [5.74, 6) is 0.234. The van der Waals surface area contributed by atoms with Gasteiger partial charge in [-0.25, -0.2) is 0 Å². The van der Waals surface area contributed by atoms with Gasteiger partial charge in [0.25, 0.3) is 0 Å². The number of aromatic nitrogens is 2. The lowest BCUT2D eigenvalue weighted by Gasteiger charge is -2.15. The van der Waals surface area contributed by atoms with Gasteiger partial charge in [-0.1, -0.05) is 0 Å². The van der Waals surface area contributed by atoms with Crippen molar-refractivity contribution in [2.24, 2.45) is 13.0 Å². The first-order valence-electron chi connectivity index (χ1n) is 4.94. The molecule has 0 saturated carbocycles. The second-order valence-electron chi connectivity index (χ2n) is 3.88. The van der Waals surface area contributed by atoms with E-state index in [1.54, 1.807) is 10.9 Å². The predicted molar refractivity (Wildman–Crippen MR) is 51.8 cm³/mol. The van der Waals surface area contributed by atoms with E-state index in [1.165, 1.54) is 0 Å². The summed E-state index contributed by atoms with van der Waals surface area (Å²) in [6, 6.07) is 0. The second kappa shape index (κ2) is 3.71. The molecule has 0 aromatic carbocycles. The lowest BCUT2D eigenvalue weighted by molar-refractivity contribution is 0.0912. The summed E-state index contributed by atoms with van der Waals surface area (Å²) in [7, 11) is 1.89. The van der Waals surface area contributed by atoms with Gasteiger partial charge in [0.05, 0.1) is 18.9 Å². The number of aryl methyl sites for hydroxylation is 1. The zero-order valence-electron chi connectivity index (χ0n) is 8.60. The summed E-state index contributed by atoms with van der Waals surface area (Å²) in [5, 5.41) is 14.2. The van der Waals surface area contributed by atoms with Crippen molar-refractivity contribution in [1.29, 1.82) is 0 Å². The molecule has 4 nitrogen and oxygen atoms in total. The molecule has 0 amide bonds. The molecule has 2 atom stereocenters. The van der Waals surface area contributed by atoms with Gasteiger partial charge in [-0.05, 0) is 13.3 Å². The molecule has 0 aliphatic carbocycles. The summed E-state index contributed by atoms with van der Waals surface area (Å²) >= 11 is 0. The number of nitrogens with zero attached hydrogens (tertiary/aromatic N) is 2. The fourth-order valence-electron chi connectivity index (χ4n) is 1.86. The third kappa shape index (κ3) is 1.55. The minimum Gasteiger partial charge on any atom is -0.388 e. The van der Waals surface area contributed by atoms with Crippen LogP contribution in [-0.2, 0) is 11.8 Å². The van der Waals surface area contributed by atoms with E-state index in [9.17, 15) is 5.11 Å². The number of hydrogen-bond donors (Lipinski definition) is 1. The topological polar surface area (TPSA) is 47.3 Å². The zero-order chi connectivity index (χ0) is 10.1. The van der Waals surface area contributed by atoms with Gasteiger partial charge in [0.1, 0.15) is 0 Å². The number of rotatable bonds is 2. The third-order valence-corrected chi connectivity index (χ3v) is 3.00. The van der Waals surface area contributed by atoms with Crippen LogP contribution in [0, 0.1) is 12.8 Å². The number of hydrogen-bond acceptors (Lipinski definition) is 3. The van der Waals surface area contributed by atoms with Crippen molar-refractivity contribution in [3.63, 3.8) is 0 Å². The van der Waals surface area contributed by atoms with Crippen molar-refractivity contribution >= 4 is 0 Å². The number of aliphatic hydroxyl groups is 1. The maximum atomic E-state index is 10.1. The highest BCUT2D eigenvalue weighted by Crippen LogP contribution is 2.29. The molecule has 0 radical (unpaired) electrons. The first-order valence-corrected chi connectivity index (χ1v) is 4.94. The van der Waals surface area contributed by atoms with Crippen molar-refractivity contribution < 1.29 is 9.84 Å². The van der Waals surface area contributed by atoms with Crippen molar-refractivity contribution in [3.8, 4) is 0 Å². The molecule has 1 aromatic rings. The summed E-state index contributed by atoms with van der Waals surface area (Å²) in [6.07, 6.45) is 2.26. The Bertz CT molecular complexity index is 316. The smallest absolute Gasteiger partial charge is 0.0874 e. The fourth-order valence-corrected chi connectivity index (χ4v) is 1.86. The Morgan fingerprint density at radius 2 is 2.50 bits per heavy atom. The fraction of sp³-hybridized carbons (Fsp3) is 0.700. The molecular weight excluding hydrogens is 180 g/mol. The standard InChI is InChI=1S/C10H16N2O2/c1-7-9(5-11-12(7)2)10(13)8-3-4-14-6-8/h5,8,10,13H,3-4,6H2,1-2H3. The molecule has 1 saturated heterocycles. The largest absolute Gasteiger partial charge is 0.388 e. The Balaban J connectivity index is 2.17. The number of aliphatic hydroxyl groups excluding tert-OH is 1. The van der Waals surface area contributed by atoms with Crippen LogP contribution in [0.25, 0.3) is 0 Å². The molecule has 1 fully saturated rings. The molecule has 0 bridgehead atoms. The molecule has 1 aromatic heterocycles. The number of ether oxygens (including phenoxy) is 1. The maximum absolute atomic E-state index is 10.1. The summed E-state index contributed by atoms with van der Waals surface area (Å²) in [4.78, 5) is 0. The Morgan fingerprint density at radius 1 is 1.71 bits per heavy atom. The van der Waals surface area contributed by atoms with E-state index < -0.39 is 6.10 Å². The van der Waals surface area contributed by atoms with Gasteiger partial charge in [0, 0.05) is 30.8 Å². The van der Waals surface area contributed by atoms with Crippen LogP contribution < -0.4 is 0 Å². The Labute approximate surface area is 83.5 Å². The van der Waals surface area contributed by atoms with Gasteiger partial charge in [0.2, 0.25) is 0 Å². The van der Waals surface area contributed by atoms with Gasteiger partial charge in [-0.3, -0.25) is 4.68 Å². The Hall–Kier alpha value is -0.870. The molecule has 0 spiro atoms. The average Bonchev–Trinajstić information content (AvgIpc) is 2.77. The highest BCUT2D eigenvalue weighted by molar-refractivity contribution is 5.19. The second-order valence-corrected chi connectivity index (χ2v) is 3.88. The van der Waals surface area contributed by atoms with Crippen LogP contribution in [0.5, 0.6) is 0 Å². The first kappa shape index (κ1) is 9.68. The van der Waals surface area contributed by atoms with E-state index in [2.05, 4.69) is 5.10 Å².